The quantitative estimate of drug-likeness (QED) is 0.550. The Hall–Kier alpha value is -2.55. The van der Waals surface area contributed by atoms with E-state index in [2.05, 4.69) is 21.2 Å². The van der Waals surface area contributed by atoms with Gasteiger partial charge in [-0.2, -0.15) is 0 Å². The van der Waals surface area contributed by atoms with Crippen molar-refractivity contribution in [3.8, 4) is 5.75 Å². The largest absolute Gasteiger partial charge is 0.503 e. The number of allylic oxidation sites excluding steroid dienone is 1. The Balaban J connectivity index is 2.20. The molecular formula is C25H33BrFN3O4. The molecule has 1 fully saturated rings. The highest BCUT2D eigenvalue weighted by atomic mass is 79.9. The number of phenolic OH excluding ortho intramolecular Hbond substituents is 1. The molecule has 1 aromatic rings. The summed E-state index contributed by atoms with van der Waals surface area (Å²) in [6.45, 7) is 10.1. The molecule has 2 aliphatic rings. The Bertz CT molecular complexity index is 1060. The van der Waals surface area contributed by atoms with Gasteiger partial charge in [0.1, 0.15) is 5.60 Å². The summed E-state index contributed by atoms with van der Waals surface area (Å²) in [5.74, 6) is -1.32. The molecule has 1 unspecified atom stereocenters. The van der Waals surface area contributed by atoms with Crippen molar-refractivity contribution in [2.24, 2.45) is 0 Å². The Morgan fingerprint density at radius 3 is 2.68 bits per heavy atom. The maximum atomic E-state index is 14.5. The van der Waals surface area contributed by atoms with Crippen molar-refractivity contribution in [1.29, 1.82) is 0 Å². The number of fused-ring (bicyclic) bond motifs is 1. The van der Waals surface area contributed by atoms with Gasteiger partial charge < -0.3 is 20.1 Å². The van der Waals surface area contributed by atoms with Crippen molar-refractivity contribution >= 4 is 33.6 Å². The Labute approximate surface area is 208 Å². The summed E-state index contributed by atoms with van der Waals surface area (Å²) in [4.78, 5) is 29.2. The highest BCUT2D eigenvalue weighted by Gasteiger charge is 2.40. The highest BCUT2D eigenvalue weighted by molar-refractivity contribution is 9.10. The van der Waals surface area contributed by atoms with E-state index in [0.717, 1.165) is 28.8 Å². The fourth-order valence-electron chi connectivity index (χ4n) is 4.41. The lowest BCUT2D eigenvalue weighted by atomic mass is 9.86. The van der Waals surface area contributed by atoms with Gasteiger partial charge in [-0.3, -0.25) is 9.69 Å². The van der Waals surface area contributed by atoms with Gasteiger partial charge in [0.05, 0.1) is 22.6 Å². The molecule has 0 bridgehead atoms. The second-order valence-electron chi connectivity index (χ2n) is 9.68. The fraction of sp³-hybridized carbons (Fsp3) is 0.520. The zero-order valence-corrected chi connectivity index (χ0v) is 22.2. The molecule has 0 saturated carbocycles. The second-order valence-corrected chi connectivity index (χ2v) is 10.5. The van der Waals surface area contributed by atoms with Crippen molar-refractivity contribution in [3.05, 3.63) is 44.8 Å². The third-order valence-corrected chi connectivity index (χ3v) is 6.86. The summed E-state index contributed by atoms with van der Waals surface area (Å²) in [6.07, 6.45) is 0.929. The van der Waals surface area contributed by atoms with Crippen LogP contribution >= 0.6 is 15.9 Å². The molecule has 0 aliphatic carbocycles. The van der Waals surface area contributed by atoms with Gasteiger partial charge in [0.2, 0.25) is 5.91 Å². The number of rotatable bonds is 3. The molecule has 2 N–H and O–H groups in total. The van der Waals surface area contributed by atoms with Crippen molar-refractivity contribution < 1.29 is 23.8 Å². The molecule has 1 saturated heterocycles. The topological polar surface area (TPSA) is 82.1 Å². The maximum Gasteiger partial charge on any atom is 0.410 e. The van der Waals surface area contributed by atoms with Crippen LogP contribution in [0.15, 0.2) is 39.0 Å². The predicted octanol–water partition coefficient (Wildman–Crippen LogP) is 5.24. The molecule has 2 aliphatic heterocycles. The van der Waals surface area contributed by atoms with Crippen LogP contribution in [0.4, 0.5) is 14.9 Å². The van der Waals surface area contributed by atoms with Crippen LogP contribution in [0, 0.1) is 5.82 Å². The number of phenols is 1. The average Bonchev–Trinajstić information content (AvgIpc) is 2.94. The lowest BCUT2D eigenvalue weighted by Crippen LogP contribution is -2.52. The molecule has 0 spiro atoms. The number of hydrogen-bond donors (Lipinski definition) is 2. The van der Waals surface area contributed by atoms with E-state index in [1.807, 2.05) is 34.6 Å². The molecule has 1 atom stereocenters. The summed E-state index contributed by atoms with van der Waals surface area (Å²) < 4.78 is 20.3. The number of halogens is 2. The third kappa shape index (κ3) is 5.24. The van der Waals surface area contributed by atoms with E-state index >= 15 is 0 Å². The normalized spacial score (nSPS) is 20.4. The molecule has 0 aromatic heterocycles. The average molecular weight is 538 g/mol. The van der Waals surface area contributed by atoms with E-state index < -0.39 is 29.3 Å². The van der Waals surface area contributed by atoms with Gasteiger partial charge in [-0.1, -0.05) is 12.5 Å². The fourth-order valence-corrected chi connectivity index (χ4v) is 4.73. The van der Waals surface area contributed by atoms with Gasteiger partial charge in [0, 0.05) is 32.3 Å². The number of hydrogen-bond acceptors (Lipinski definition) is 5. The van der Waals surface area contributed by atoms with Gasteiger partial charge in [-0.15, -0.1) is 0 Å². The van der Waals surface area contributed by atoms with Crippen molar-refractivity contribution in [3.63, 3.8) is 0 Å². The SMILES string of the molecule is CCC(C)=C1CC(=O)NCC2C1=C(N(C)c1ccc(Br)c(F)c1O)CCN2C(=O)OC(C)(C)C. The predicted molar refractivity (Wildman–Crippen MR) is 133 cm³/mol. The monoisotopic (exact) mass is 537 g/mol. The zero-order valence-electron chi connectivity index (χ0n) is 20.6. The van der Waals surface area contributed by atoms with Crippen LogP contribution in [0.5, 0.6) is 5.75 Å². The molecule has 3 rings (SSSR count). The van der Waals surface area contributed by atoms with Gasteiger partial charge >= 0.3 is 6.09 Å². The molecule has 2 amide bonds. The van der Waals surface area contributed by atoms with E-state index in [1.54, 1.807) is 29.0 Å². The van der Waals surface area contributed by atoms with Crippen LogP contribution in [0.25, 0.3) is 0 Å². The van der Waals surface area contributed by atoms with Gasteiger partial charge in [-0.05, 0) is 73.3 Å². The molecule has 34 heavy (non-hydrogen) atoms. The van der Waals surface area contributed by atoms with Gasteiger partial charge in [0.25, 0.3) is 0 Å². The second kappa shape index (κ2) is 9.98. The summed E-state index contributed by atoms with van der Waals surface area (Å²) in [6, 6.07) is 2.74. The van der Waals surface area contributed by atoms with Crippen molar-refractivity contribution in [2.45, 2.75) is 65.5 Å². The molecular weight excluding hydrogens is 505 g/mol. The van der Waals surface area contributed by atoms with E-state index in [1.165, 1.54) is 0 Å². The van der Waals surface area contributed by atoms with Crippen LogP contribution in [0.3, 0.4) is 0 Å². The minimum Gasteiger partial charge on any atom is -0.503 e. The van der Waals surface area contributed by atoms with Crippen LogP contribution in [0.2, 0.25) is 0 Å². The summed E-state index contributed by atoms with van der Waals surface area (Å²) in [7, 11) is 1.77. The summed E-state index contributed by atoms with van der Waals surface area (Å²) >= 11 is 3.11. The Morgan fingerprint density at radius 1 is 1.38 bits per heavy atom. The Kier molecular flexibility index (Phi) is 7.65. The first kappa shape index (κ1) is 26.1. The number of nitrogens with zero attached hydrogens (tertiary/aromatic N) is 2. The zero-order chi connectivity index (χ0) is 25.4. The molecule has 1 aromatic carbocycles. The van der Waals surface area contributed by atoms with Crippen LogP contribution in [0.1, 0.15) is 53.9 Å². The van der Waals surface area contributed by atoms with Crippen molar-refractivity contribution in [2.75, 3.05) is 25.0 Å². The maximum absolute atomic E-state index is 14.5. The van der Waals surface area contributed by atoms with E-state index in [0.29, 0.717) is 18.7 Å². The van der Waals surface area contributed by atoms with Crippen LogP contribution < -0.4 is 10.2 Å². The number of anilines is 1. The number of ether oxygens (including phenoxy) is 1. The van der Waals surface area contributed by atoms with E-state index in [4.69, 9.17) is 4.74 Å². The lowest BCUT2D eigenvalue weighted by molar-refractivity contribution is -0.120. The number of carbonyl (C=O) groups excluding carboxylic acids is 2. The minimum atomic E-state index is -0.740. The summed E-state index contributed by atoms with van der Waals surface area (Å²) in [5.41, 5.74) is 3.24. The summed E-state index contributed by atoms with van der Waals surface area (Å²) in [5, 5.41) is 13.5. The molecule has 2 heterocycles. The number of amides is 2. The molecule has 186 valence electrons. The number of nitrogens with one attached hydrogen (secondary N) is 1. The molecule has 0 radical (unpaired) electrons. The third-order valence-electron chi connectivity index (χ3n) is 6.25. The number of benzene rings is 1. The lowest BCUT2D eigenvalue weighted by Gasteiger charge is -2.41. The standard InChI is InChI=1S/C25H33BrFN3O4/c1-7-14(2)15-12-20(31)28-13-19-21(15)17(10-11-30(19)24(33)34-25(3,4)5)29(6)18-9-8-16(26)22(27)23(18)32/h8-9,19,32H,7,10-13H2,1-6H3,(H,28,31). The highest BCUT2D eigenvalue weighted by Crippen LogP contribution is 2.41. The van der Waals surface area contributed by atoms with Crippen LogP contribution in [-0.4, -0.2) is 53.8 Å². The molecule has 7 nitrogen and oxygen atoms in total. The van der Waals surface area contributed by atoms with Gasteiger partial charge in [0.15, 0.2) is 11.6 Å². The first-order chi connectivity index (χ1) is 15.9. The first-order valence-electron chi connectivity index (χ1n) is 11.4. The molecule has 9 heteroatoms. The van der Waals surface area contributed by atoms with Gasteiger partial charge in [-0.25, -0.2) is 9.18 Å². The van der Waals surface area contributed by atoms with E-state index in [-0.39, 0.29) is 23.3 Å². The Morgan fingerprint density at radius 2 is 2.06 bits per heavy atom. The smallest absolute Gasteiger partial charge is 0.410 e. The van der Waals surface area contributed by atoms with E-state index in [9.17, 15) is 19.1 Å². The van der Waals surface area contributed by atoms with Crippen LogP contribution in [-0.2, 0) is 9.53 Å². The van der Waals surface area contributed by atoms with Crippen molar-refractivity contribution in [1.82, 2.24) is 10.2 Å². The first-order valence-corrected chi connectivity index (χ1v) is 12.2. The minimum absolute atomic E-state index is 0.117. The number of carbonyl (C=O) groups is 2. The number of aromatic hydroxyl groups is 1.